The molecule has 5 nitrogen and oxygen atoms in total. The third-order valence-electron chi connectivity index (χ3n) is 4.59. The Morgan fingerprint density at radius 3 is 2.57 bits per heavy atom. The minimum Gasteiger partial charge on any atom is -0.346 e. The Morgan fingerprint density at radius 2 is 2.05 bits per heavy atom. The van der Waals surface area contributed by atoms with Crippen LogP contribution in [-0.2, 0) is 0 Å². The molecule has 1 saturated heterocycles. The molecule has 21 heavy (non-hydrogen) atoms. The van der Waals surface area contributed by atoms with Gasteiger partial charge in [-0.2, -0.15) is 0 Å². The van der Waals surface area contributed by atoms with E-state index in [2.05, 4.69) is 41.0 Å². The van der Waals surface area contributed by atoms with Crippen molar-refractivity contribution in [3.05, 3.63) is 23.8 Å². The molecule has 2 heterocycles. The average molecular weight is 288 g/mol. The second kappa shape index (κ2) is 5.72. The van der Waals surface area contributed by atoms with Gasteiger partial charge >= 0.3 is 0 Å². The zero-order valence-electron chi connectivity index (χ0n) is 13.0. The summed E-state index contributed by atoms with van der Waals surface area (Å²) < 4.78 is 0. The molecular weight excluding hydrogens is 264 g/mol. The number of rotatable bonds is 4. The number of hydrogen-bond acceptors (Lipinski definition) is 4. The third-order valence-corrected chi connectivity index (χ3v) is 4.59. The first-order valence-electron chi connectivity index (χ1n) is 7.91. The molecule has 1 aliphatic carbocycles. The molecular formula is C16H24N4O. The maximum absolute atomic E-state index is 12.3. The number of carbonyl (C=O) groups excluding carboxylic acids is 1. The zero-order valence-corrected chi connectivity index (χ0v) is 13.0. The normalized spacial score (nSPS) is 26.3. The number of hydrogen-bond donors (Lipinski definition) is 1. The van der Waals surface area contributed by atoms with E-state index in [1.807, 2.05) is 0 Å². The highest BCUT2D eigenvalue weighted by atomic mass is 16.2. The van der Waals surface area contributed by atoms with Crippen molar-refractivity contribution in [2.24, 2.45) is 5.92 Å². The van der Waals surface area contributed by atoms with Gasteiger partial charge in [0, 0.05) is 37.3 Å². The van der Waals surface area contributed by atoms with E-state index in [0.29, 0.717) is 23.6 Å². The van der Waals surface area contributed by atoms with E-state index in [1.54, 1.807) is 12.4 Å². The van der Waals surface area contributed by atoms with Gasteiger partial charge in [-0.05, 0) is 32.6 Å². The number of amides is 1. The van der Waals surface area contributed by atoms with E-state index in [0.717, 1.165) is 18.8 Å². The third kappa shape index (κ3) is 3.23. The molecule has 3 rings (SSSR count). The first kappa shape index (κ1) is 14.4. The molecule has 1 N–H and O–H groups in total. The van der Waals surface area contributed by atoms with Gasteiger partial charge in [0.1, 0.15) is 5.69 Å². The van der Waals surface area contributed by atoms with Gasteiger partial charge in [-0.3, -0.25) is 14.7 Å². The molecule has 0 unspecified atom stereocenters. The van der Waals surface area contributed by atoms with Crippen molar-refractivity contribution < 1.29 is 4.79 Å². The van der Waals surface area contributed by atoms with Gasteiger partial charge in [0.05, 0.1) is 11.9 Å². The lowest BCUT2D eigenvalue weighted by molar-refractivity contribution is 0.0925. The minimum absolute atomic E-state index is 0.104. The van der Waals surface area contributed by atoms with Crippen LogP contribution in [0, 0.1) is 5.92 Å². The number of nitrogens with zero attached hydrogens (tertiary/aromatic N) is 3. The van der Waals surface area contributed by atoms with Crippen molar-refractivity contribution in [2.45, 2.75) is 51.6 Å². The van der Waals surface area contributed by atoms with Gasteiger partial charge in [0.15, 0.2) is 0 Å². The predicted molar refractivity (Wildman–Crippen MR) is 81.1 cm³/mol. The van der Waals surface area contributed by atoms with Gasteiger partial charge in [-0.15, -0.1) is 0 Å². The standard InChI is InChI=1S/C16H24N4O/c1-10(2)20-8-11(3)15(9-20)19-16(21)14-7-17-13(6-18-14)12-4-5-12/h6-7,10-12,15H,4-5,8-9H2,1-3H3,(H,19,21)/t11-,15-/m1/s1. The van der Waals surface area contributed by atoms with E-state index < -0.39 is 0 Å². The predicted octanol–water partition coefficient (Wildman–Crippen LogP) is 1.81. The summed E-state index contributed by atoms with van der Waals surface area (Å²) in [5.41, 5.74) is 1.45. The average Bonchev–Trinajstić information content (AvgIpc) is 3.24. The molecule has 1 aliphatic heterocycles. The van der Waals surface area contributed by atoms with Gasteiger partial charge in [-0.25, -0.2) is 4.98 Å². The Morgan fingerprint density at radius 1 is 1.29 bits per heavy atom. The lowest BCUT2D eigenvalue weighted by Crippen LogP contribution is -2.40. The van der Waals surface area contributed by atoms with E-state index in [-0.39, 0.29) is 11.9 Å². The molecule has 1 aromatic heterocycles. The Bertz CT molecular complexity index is 510. The van der Waals surface area contributed by atoms with Crippen LogP contribution in [0.4, 0.5) is 0 Å². The number of nitrogens with one attached hydrogen (secondary N) is 1. The molecule has 0 aromatic carbocycles. The maximum atomic E-state index is 12.3. The van der Waals surface area contributed by atoms with Crippen molar-refractivity contribution >= 4 is 5.91 Å². The molecule has 0 spiro atoms. The topological polar surface area (TPSA) is 58.1 Å². The lowest BCUT2D eigenvalue weighted by Gasteiger charge is -2.20. The fourth-order valence-electron chi connectivity index (χ4n) is 2.90. The van der Waals surface area contributed by atoms with Crippen molar-refractivity contribution in [3.8, 4) is 0 Å². The summed E-state index contributed by atoms with van der Waals surface area (Å²) in [7, 11) is 0. The molecule has 2 atom stereocenters. The smallest absolute Gasteiger partial charge is 0.271 e. The highest BCUT2D eigenvalue weighted by Crippen LogP contribution is 2.38. The fourth-order valence-corrected chi connectivity index (χ4v) is 2.90. The van der Waals surface area contributed by atoms with Gasteiger partial charge in [0.25, 0.3) is 5.91 Å². The second-order valence-corrected chi connectivity index (χ2v) is 6.71. The highest BCUT2D eigenvalue weighted by molar-refractivity contribution is 5.92. The van der Waals surface area contributed by atoms with Crippen LogP contribution < -0.4 is 5.32 Å². The first-order valence-corrected chi connectivity index (χ1v) is 7.91. The Balaban J connectivity index is 1.60. The van der Waals surface area contributed by atoms with Crippen LogP contribution in [0.15, 0.2) is 12.4 Å². The summed E-state index contributed by atoms with van der Waals surface area (Å²) in [6.07, 6.45) is 5.77. The van der Waals surface area contributed by atoms with Crippen LogP contribution in [0.5, 0.6) is 0 Å². The molecule has 1 saturated carbocycles. The summed E-state index contributed by atoms with van der Waals surface area (Å²) >= 11 is 0. The summed E-state index contributed by atoms with van der Waals surface area (Å²) in [6.45, 7) is 8.53. The molecule has 2 fully saturated rings. The SMILES string of the molecule is CC(C)N1C[C@@H](C)[C@H](NC(=O)c2cnc(C3CC3)cn2)C1. The Kier molecular flexibility index (Phi) is 3.93. The van der Waals surface area contributed by atoms with E-state index in [9.17, 15) is 4.79 Å². The van der Waals surface area contributed by atoms with Crippen molar-refractivity contribution in [3.63, 3.8) is 0 Å². The van der Waals surface area contributed by atoms with Crippen LogP contribution >= 0.6 is 0 Å². The summed E-state index contributed by atoms with van der Waals surface area (Å²) in [6, 6.07) is 0.719. The molecule has 2 aliphatic rings. The van der Waals surface area contributed by atoms with E-state index in [4.69, 9.17) is 0 Å². The summed E-state index contributed by atoms with van der Waals surface area (Å²) in [5, 5.41) is 3.11. The second-order valence-electron chi connectivity index (χ2n) is 6.71. The van der Waals surface area contributed by atoms with Crippen molar-refractivity contribution in [1.29, 1.82) is 0 Å². The Hall–Kier alpha value is -1.49. The maximum Gasteiger partial charge on any atom is 0.271 e. The molecule has 5 heteroatoms. The van der Waals surface area contributed by atoms with Crippen molar-refractivity contribution in [2.75, 3.05) is 13.1 Å². The van der Waals surface area contributed by atoms with Crippen LogP contribution in [0.2, 0.25) is 0 Å². The van der Waals surface area contributed by atoms with Gasteiger partial charge in [-0.1, -0.05) is 6.92 Å². The van der Waals surface area contributed by atoms with Gasteiger partial charge < -0.3 is 5.32 Å². The molecule has 1 amide bonds. The largest absolute Gasteiger partial charge is 0.346 e. The quantitative estimate of drug-likeness (QED) is 0.918. The molecule has 0 bridgehead atoms. The molecule has 0 radical (unpaired) electrons. The van der Waals surface area contributed by atoms with Crippen LogP contribution in [-0.4, -0.2) is 45.9 Å². The number of aromatic nitrogens is 2. The van der Waals surface area contributed by atoms with Crippen LogP contribution in [0.1, 0.15) is 55.7 Å². The first-order chi connectivity index (χ1) is 10.0. The van der Waals surface area contributed by atoms with Crippen LogP contribution in [0.25, 0.3) is 0 Å². The zero-order chi connectivity index (χ0) is 15.0. The summed E-state index contributed by atoms with van der Waals surface area (Å²) in [4.78, 5) is 23.3. The number of likely N-dealkylation sites (tertiary alicyclic amines) is 1. The van der Waals surface area contributed by atoms with Crippen LogP contribution in [0.3, 0.4) is 0 Å². The molecule has 1 aromatic rings. The number of carbonyl (C=O) groups is 1. The van der Waals surface area contributed by atoms with E-state index in [1.165, 1.54) is 12.8 Å². The molecule has 114 valence electrons. The highest BCUT2D eigenvalue weighted by Gasteiger charge is 2.32. The minimum atomic E-state index is -0.104. The van der Waals surface area contributed by atoms with Gasteiger partial charge in [0.2, 0.25) is 0 Å². The fraction of sp³-hybridized carbons (Fsp3) is 0.688. The monoisotopic (exact) mass is 288 g/mol. The van der Waals surface area contributed by atoms with E-state index >= 15 is 0 Å². The lowest BCUT2D eigenvalue weighted by atomic mass is 10.1. The van der Waals surface area contributed by atoms with Crippen molar-refractivity contribution in [1.82, 2.24) is 20.2 Å². The summed E-state index contributed by atoms with van der Waals surface area (Å²) in [5.74, 6) is 0.936. The Labute approximate surface area is 126 Å².